The minimum Gasteiger partial charge on any atom is -0.507 e. The summed E-state index contributed by atoms with van der Waals surface area (Å²) in [4.78, 5) is 11.5. The molecule has 0 aliphatic rings. The summed E-state index contributed by atoms with van der Waals surface area (Å²) in [6.45, 7) is 16.2. The van der Waals surface area contributed by atoms with Gasteiger partial charge in [0.15, 0.2) is 0 Å². The van der Waals surface area contributed by atoms with Crippen molar-refractivity contribution in [2.75, 3.05) is 0 Å². The zero-order valence-electron chi connectivity index (χ0n) is 15.9. The number of aromatic hydroxyl groups is 1. The Morgan fingerprint density at radius 3 is 1.92 bits per heavy atom. The first-order valence-corrected chi connectivity index (χ1v) is 8.37. The zero-order chi connectivity index (χ0) is 18.6. The molecule has 2 rings (SSSR count). The zero-order valence-corrected chi connectivity index (χ0v) is 15.9. The van der Waals surface area contributed by atoms with Gasteiger partial charge in [0.25, 0.3) is 0 Å². The molecular formula is C20H28O4. The highest BCUT2D eigenvalue weighted by Gasteiger charge is 2.34. The lowest BCUT2D eigenvalue weighted by Crippen LogP contribution is -2.21. The van der Waals surface area contributed by atoms with E-state index in [1.807, 2.05) is 0 Å². The van der Waals surface area contributed by atoms with Crippen molar-refractivity contribution in [3.63, 3.8) is 0 Å². The molecule has 0 atom stereocenters. The third-order valence-electron chi connectivity index (χ3n) is 4.50. The summed E-state index contributed by atoms with van der Waals surface area (Å²) < 4.78 is 5.75. The van der Waals surface area contributed by atoms with Crippen LogP contribution in [0.25, 0.3) is 11.0 Å². The number of phenols is 1. The largest absolute Gasteiger partial charge is 0.507 e. The van der Waals surface area contributed by atoms with Gasteiger partial charge in [0.05, 0.1) is 5.39 Å². The number of rotatable bonds is 2. The second-order valence-corrected chi connectivity index (χ2v) is 8.50. The van der Waals surface area contributed by atoms with Crippen LogP contribution >= 0.6 is 0 Å². The maximum absolute atomic E-state index is 11.5. The van der Waals surface area contributed by atoms with Crippen LogP contribution in [0.4, 0.5) is 0 Å². The van der Waals surface area contributed by atoms with Crippen LogP contribution in [0.2, 0.25) is 0 Å². The number of hydrogen-bond donors (Lipinski definition) is 2. The highest BCUT2D eigenvalue weighted by Crippen LogP contribution is 2.48. The van der Waals surface area contributed by atoms with E-state index in [9.17, 15) is 15.0 Å². The van der Waals surface area contributed by atoms with E-state index in [1.54, 1.807) is 6.92 Å². The van der Waals surface area contributed by atoms with Gasteiger partial charge in [0.1, 0.15) is 11.3 Å². The van der Waals surface area contributed by atoms with Gasteiger partial charge in [-0.25, -0.2) is 4.79 Å². The van der Waals surface area contributed by atoms with Gasteiger partial charge in [-0.15, -0.1) is 0 Å². The standard InChI is InChI=1S/C20H28O4/c1-9-11-13(19(3,4)5)15(21)12-10(2)16(18(22)23)24-17(12)14(11)20(6,7)8/h21H,9H2,1-8H3,(H,22,23). The van der Waals surface area contributed by atoms with Crippen molar-refractivity contribution in [3.8, 4) is 5.75 Å². The minimum absolute atomic E-state index is 0.0982. The molecule has 2 aromatic rings. The molecule has 0 aliphatic carbocycles. The average molecular weight is 332 g/mol. The Labute approximate surface area is 143 Å². The first kappa shape index (κ1) is 18.4. The summed E-state index contributed by atoms with van der Waals surface area (Å²) in [6.07, 6.45) is 0.741. The summed E-state index contributed by atoms with van der Waals surface area (Å²) in [6, 6.07) is 0. The number of benzene rings is 1. The van der Waals surface area contributed by atoms with Crippen molar-refractivity contribution in [1.82, 2.24) is 0 Å². The van der Waals surface area contributed by atoms with Gasteiger partial charge in [0.2, 0.25) is 5.76 Å². The molecule has 2 N–H and O–H groups in total. The number of carboxylic acids is 1. The molecule has 0 radical (unpaired) electrons. The Hall–Kier alpha value is -1.97. The van der Waals surface area contributed by atoms with Crippen LogP contribution in [0.1, 0.15) is 81.3 Å². The fourth-order valence-corrected chi connectivity index (χ4v) is 3.66. The molecule has 1 aromatic carbocycles. The maximum Gasteiger partial charge on any atom is 0.372 e. The van der Waals surface area contributed by atoms with Gasteiger partial charge in [0, 0.05) is 16.7 Å². The van der Waals surface area contributed by atoms with Crippen molar-refractivity contribution >= 4 is 16.9 Å². The fraction of sp³-hybridized carbons (Fsp3) is 0.550. The Bertz CT molecular complexity index is 811. The Kier molecular flexibility index (Phi) is 4.24. The van der Waals surface area contributed by atoms with Crippen molar-refractivity contribution < 1.29 is 19.4 Å². The number of carboxylic acid groups (broad SMARTS) is 1. The predicted octanol–water partition coefficient (Wildman–Crippen LogP) is 5.30. The van der Waals surface area contributed by atoms with E-state index in [1.165, 1.54) is 0 Å². The molecule has 0 saturated carbocycles. The Morgan fingerprint density at radius 1 is 1.04 bits per heavy atom. The predicted molar refractivity (Wildman–Crippen MR) is 96.4 cm³/mol. The number of aryl methyl sites for hydroxylation is 1. The monoisotopic (exact) mass is 332 g/mol. The van der Waals surface area contributed by atoms with Crippen molar-refractivity contribution in [3.05, 3.63) is 28.0 Å². The molecule has 0 saturated heterocycles. The number of fused-ring (bicyclic) bond motifs is 1. The molecule has 0 spiro atoms. The second-order valence-electron chi connectivity index (χ2n) is 8.50. The summed E-state index contributed by atoms with van der Waals surface area (Å²) in [5.74, 6) is -1.06. The first-order valence-electron chi connectivity index (χ1n) is 8.37. The van der Waals surface area contributed by atoms with Crippen molar-refractivity contribution in [2.24, 2.45) is 0 Å². The van der Waals surface area contributed by atoms with E-state index in [0.717, 1.165) is 23.1 Å². The minimum atomic E-state index is -1.11. The number of aromatic carboxylic acids is 1. The molecule has 0 bridgehead atoms. The summed E-state index contributed by atoms with van der Waals surface area (Å²) >= 11 is 0. The van der Waals surface area contributed by atoms with Gasteiger partial charge >= 0.3 is 5.97 Å². The fourth-order valence-electron chi connectivity index (χ4n) is 3.66. The summed E-state index contributed by atoms with van der Waals surface area (Å²) in [5.41, 5.74) is 3.38. The molecule has 0 amide bonds. The van der Waals surface area contributed by atoms with Crippen molar-refractivity contribution in [1.29, 1.82) is 0 Å². The van der Waals surface area contributed by atoms with Crippen LogP contribution in [0.3, 0.4) is 0 Å². The van der Waals surface area contributed by atoms with E-state index in [-0.39, 0.29) is 22.3 Å². The Balaban J connectivity index is 3.19. The molecule has 1 heterocycles. The molecule has 0 unspecified atom stereocenters. The van der Waals surface area contributed by atoms with Gasteiger partial charge in [-0.2, -0.15) is 0 Å². The van der Waals surface area contributed by atoms with Crippen LogP contribution in [0.15, 0.2) is 4.42 Å². The van der Waals surface area contributed by atoms with E-state index in [0.29, 0.717) is 16.5 Å². The summed E-state index contributed by atoms with van der Waals surface area (Å²) in [5, 5.41) is 21.0. The van der Waals surface area contributed by atoms with E-state index in [2.05, 4.69) is 48.5 Å². The van der Waals surface area contributed by atoms with Gasteiger partial charge < -0.3 is 14.6 Å². The van der Waals surface area contributed by atoms with Gasteiger partial charge in [-0.05, 0) is 29.7 Å². The Morgan fingerprint density at radius 2 is 1.54 bits per heavy atom. The normalized spacial score (nSPS) is 12.8. The van der Waals surface area contributed by atoms with Crippen LogP contribution in [-0.4, -0.2) is 16.2 Å². The quantitative estimate of drug-likeness (QED) is 0.782. The summed E-state index contributed by atoms with van der Waals surface area (Å²) in [7, 11) is 0. The van der Waals surface area contributed by atoms with Crippen LogP contribution < -0.4 is 0 Å². The third kappa shape index (κ3) is 2.68. The first-order chi connectivity index (χ1) is 10.8. The van der Waals surface area contributed by atoms with Crippen LogP contribution in [-0.2, 0) is 17.3 Å². The highest BCUT2D eigenvalue weighted by molar-refractivity contribution is 6.00. The van der Waals surface area contributed by atoms with Gasteiger partial charge in [-0.1, -0.05) is 48.5 Å². The van der Waals surface area contributed by atoms with E-state index < -0.39 is 5.97 Å². The molecule has 0 aliphatic heterocycles. The lowest BCUT2D eigenvalue weighted by atomic mass is 9.74. The SMILES string of the molecule is CCc1c(C(C)(C)C)c(O)c2c(C)c(C(=O)O)oc2c1C(C)(C)C. The van der Waals surface area contributed by atoms with E-state index in [4.69, 9.17) is 4.42 Å². The molecule has 132 valence electrons. The topological polar surface area (TPSA) is 70.7 Å². The smallest absolute Gasteiger partial charge is 0.372 e. The molecular weight excluding hydrogens is 304 g/mol. The average Bonchev–Trinajstić information content (AvgIpc) is 2.73. The van der Waals surface area contributed by atoms with Crippen molar-refractivity contribution in [2.45, 2.75) is 72.6 Å². The lowest BCUT2D eigenvalue weighted by molar-refractivity contribution is 0.0663. The number of phenolic OH excluding ortho intramolecular Hbond substituents is 1. The van der Waals surface area contributed by atoms with E-state index >= 15 is 0 Å². The highest BCUT2D eigenvalue weighted by atomic mass is 16.4. The molecule has 4 heteroatoms. The number of furan rings is 1. The maximum atomic E-state index is 11.5. The van der Waals surface area contributed by atoms with Gasteiger partial charge in [-0.3, -0.25) is 0 Å². The van der Waals surface area contributed by atoms with Crippen LogP contribution in [0.5, 0.6) is 5.75 Å². The van der Waals surface area contributed by atoms with Crippen LogP contribution in [0, 0.1) is 6.92 Å². The molecule has 0 fully saturated rings. The molecule has 4 nitrogen and oxygen atoms in total. The molecule has 1 aromatic heterocycles. The molecule has 24 heavy (non-hydrogen) atoms. The lowest BCUT2D eigenvalue weighted by Gasteiger charge is -2.31. The number of carbonyl (C=O) groups is 1. The third-order valence-corrected chi connectivity index (χ3v) is 4.50. The second kappa shape index (κ2) is 5.54. The number of hydrogen-bond acceptors (Lipinski definition) is 3.